The fourth-order valence-corrected chi connectivity index (χ4v) is 1.82. The summed E-state index contributed by atoms with van der Waals surface area (Å²) in [7, 11) is 5.34. The number of rotatable bonds is 3. The van der Waals surface area contributed by atoms with Crippen LogP contribution in [0.4, 0.5) is 0 Å². The van der Waals surface area contributed by atoms with Crippen LogP contribution in [0.5, 0.6) is 0 Å². The molecular formula is C14H22N2O2. The van der Waals surface area contributed by atoms with E-state index in [0.717, 1.165) is 11.3 Å². The van der Waals surface area contributed by atoms with Gasteiger partial charge in [0.2, 0.25) is 0 Å². The monoisotopic (exact) mass is 250 g/mol. The van der Waals surface area contributed by atoms with Gasteiger partial charge < -0.3 is 4.74 Å². The van der Waals surface area contributed by atoms with Crippen molar-refractivity contribution in [3.8, 4) is 0 Å². The Hall–Kier alpha value is -1.55. The number of methoxy groups -OCH3 is 1. The van der Waals surface area contributed by atoms with E-state index in [0.29, 0.717) is 0 Å². The van der Waals surface area contributed by atoms with Crippen LogP contribution in [-0.4, -0.2) is 37.2 Å². The zero-order chi connectivity index (χ0) is 13.9. The highest BCUT2D eigenvalue weighted by Crippen LogP contribution is 2.32. The predicted molar refractivity (Wildman–Crippen MR) is 72.3 cm³/mol. The van der Waals surface area contributed by atoms with Gasteiger partial charge in [-0.2, -0.15) is 0 Å². The molecule has 1 rings (SSSR count). The van der Waals surface area contributed by atoms with Gasteiger partial charge in [0.25, 0.3) is 0 Å². The molecule has 0 atom stereocenters. The highest BCUT2D eigenvalue weighted by Gasteiger charge is 2.33. The van der Waals surface area contributed by atoms with E-state index in [1.54, 1.807) is 0 Å². The zero-order valence-electron chi connectivity index (χ0n) is 12.0. The van der Waals surface area contributed by atoms with Crippen LogP contribution in [0.15, 0.2) is 35.7 Å². The molecule has 0 aliphatic carbocycles. The lowest BCUT2D eigenvalue weighted by molar-refractivity contribution is -0.148. The van der Waals surface area contributed by atoms with Gasteiger partial charge in [0.15, 0.2) is 0 Å². The van der Waals surface area contributed by atoms with Crippen LogP contribution in [-0.2, 0) is 9.53 Å². The molecule has 0 aromatic heterocycles. The Morgan fingerprint density at radius 3 is 2.44 bits per heavy atom. The van der Waals surface area contributed by atoms with Crippen molar-refractivity contribution < 1.29 is 9.53 Å². The predicted octanol–water partition coefficient (Wildman–Crippen LogP) is 2.32. The number of hydrogen-bond acceptors (Lipinski definition) is 4. The molecule has 0 bridgehead atoms. The summed E-state index contributed by atoms with van der Waals surface area (Å²) in [5.74, 6) is -0.235. The van der Waals surface area contributed by atoms with Crippen molar-refractivity contribution in [2.75, 3.05) is 21.2 Å². The number of allylic oxidation sites excluding steroid dienone is 3. The topological polar surface area (TPSA) is 32.8 Å². The van der Waals surface area contributed by atoms with Gasteiger partial charge in [-0.05, 0) is 32.4 Å². The molecule has 1 aliphatic heterocycles. The number of carbonyl (C=O) groups excluding carboxylic acids is 1. The Kier molecular flexibility index (Phi) is 4.35. The maximum atomic E-state index is 11.8. The van der Waals surface area contributed by atoms with Crippen molar-refractivity contribution in [3.63, 3.8) is 0 Å². The van der Waals surface area contributed by atoms with Gasteiger partial charge in [-0.25, -0.2) is 5.01 Å². The molecule has 0 radical (unpaired) electrons. The summed E-state index contributed by atoms with van der Waals surface area (Å²) in [6.45, 7) is 5.72. The SMILES string of the molecule is C/C=C1/C=CC(C(C)(C)C(=O)OC)=CN1N(C)C. The molecular weight excluding hydrogens is 228 g/mol. The minimum Gasteiger partial charge on any atom is -0.468 e. The van der Waals surface area contributed by atoms with Crippen molar-refractivity contribution in [3.05, 3.63) is 35.7 Å². The summed E-state index contributed by atoms with van der Waals surface area (Å²) in [6.07, 6.45) is 7.95. The molecule has 0 aromatic carbocycles. The zero-order valence-corrected chi connectivity index (χ0v) is 12.0. The van der Waals surface area contributed by atoms with E-state index >= 15 is 0 Å². The van der Waals surface area contributed by atoms with Crippen LogP contribution < -0.4 is 0 Å². The van der Waals surface area contributed by atoms with E-state index in [-0.39, 0.29) is 5.97 Å². The normalized spacial score (nSPS) is 18.3. The number of esters is 1. The number of carbonyl (C=O) groups is 1. The van der Waals surface area contributed by atoms with Crippen molar-refractivity contribution >= 4 is 5.97 Å². The number of ether oxygens (including phenoxy) is 1. The summed E-state index contributed by atoms with van der Waals surface area (Å²) in [6, 6.07) is 0. The lowest BCUT2D eigenvalue weighted by atomic mass is 9.83. The summed E-state index contributed by atoms with van der Waals surface area (Å²) >= 11 is 0. The van der Waals surface area contributed by atoms with Crippen LogP contribution in [0.2, 0.25) is 0 Å². The Bertz CT molecular complexity index is 418. The summed E-state index contributed by atoms with van der Waals surface area (Å²) in [4.78, 5) is 11.8. The van der Waals surface area contributed by atoms with Crippen molar-refractivity contribution in [1.82, 2.24) is 10.0 Å². The molecule has 0 saturated carbocycles. The maximum absolute atomic E-state index is 11.8. The second kappa shape index (κ2) is 5.40. The van der Waals surface area contributed by atoms with Crippen LogP contribution in [0.25, 0.3) is 0 Å². The van der Waals surface area contributed by atoms with Crippen molar-refractivity contribution in [1.29, 1.82) is 0 Å². The fraction of sp³-hybridized carbons (Fsp3) is 0.500. The highest BCUT2D eigenvalue weighted by molar-refractivity contribution is 5.80. The Balaban J connectivity index is 3.13. The quantitative estimate of drug-likeness (QED) is 0.720. The maximum Gasteiger partial charge on any atom is 0.315 e. The number of nitrogens with zero attached hydrogens (tertiary/aromatic N) is 2. The van der Waals surface area contributed by atoms with Gasteiger partial charge in [-0.1, -0.05) is 12.2 Å². The van der Waals surface area contributed by atoms with Crippen molar-refractivity contribution in [2.24, 2.45) is 5.41 Å². The van der Waals surface area contributed by atoms with Gasteiger partial charge in [-0.15, -0.1) is 0 Å². The van der Waals surface area contributed by atoms with E-state index < -0.39 is 5.41 Å². The molecule has 18 heavy (non-hydrogen) atoms. The summed E-state index contributed by atoms with van der Waals surface area (Å²) in [5.41, 5.74) is 1.34. The van der Waals surface area contributed by atoms with Gasteiger partial charge in [0.05, 0.1) is 18.2 Å². The average molecular weight is 250 g/mol. The minimum absolute atomic E-state index is 0.235. The van der Waals surface area contributed by atoms with E-state index in [1.807, 2.05) is 69.3 Å². The molecule has 1 aliphatic rings. The third kappa shape index (κ3) is 2.64. The second-order valence-electron chi connectivity index (χ2n) is 4.94. The highest BCUT2D eigenvalue weighted by atomic mass is 16.5. The van der Waals surface area contributed by atoms with Crippen LogP contribution in [0.1, 0.15) is 20.8 Å². The first-order valence-electron chi connectivity index (χ1n) is 5.96. The van der Waals surface area contributed by atoms with Gasteiger partial charge >= 0.3 is 5.97 Å². The first-order valence-corrected chi connectivity index (χ1v) is 5.96. The second-order valence-corrected chi connectivity index (χ2v) is 4.94. The number of hydrogen-bond donors (Lipinski definition) is 0. The van der Waals surface area contributed by atoms with Crippen LogP contribution >= 0.6 is 0 Å². The molecule has 4 nitrogen and oxygen atoms in total. The molecule has 4 heteroatoms. The molecule has 1 heterocycles. The van der Waals surface area contributed by atoms with E-state index in [4.69, 9.17) is 4.74 Å². The lowest BCUT2D eigenvalue weighted by Gasteiger charge is -2.34. The molecule has 100 valence electrons. The molecule has 0 saturated heterocycles. The molecule has 0 fully saturated rings. The molecule has 0 N–H and O–H groups in total. The third-order valence-electron chi connectivity index (χ3n) is 3.10. The van der Waals surface area contributed by atoms with Crippen molar-refractivity contribution in [2.45, 2.75) is 20.8 Å². The van der Waals surface area contributed by atoms with Crippen LogP contribution in [0, 0.1) is 5.41 Å². The Morgan fingerprint density at radius 2 is 2.00 bits per heavy atom. The van der Waals surface area contributed by atoms with Gasteiger partial charge in [0.1, 0.15) is 0 Å². The summed E-state index contributed by atoms with van der Waals surface area (Å²) < 4.78 is 4.86. The smallest absolute Gasteiger partial charge is 0.315 e. The van der Waals surface area contributed by atoms with Crippen LogP contribution in [0.3, 0.4) is 0 Å². The molecule has 0 amide bonds. The van der Waals surface area contributed by atoms with Gasteiger partial charge in [-0.3, -0.25) is 9.80 Å². The van der Waals surface area contributed by atoms with E-state index in [2.05, 4.69) is 0 Å². The fourth-order valence-electron chi connectivity index (χ4n) is 1.82. The summed E-state index contributed by atoms with van der Waals surface area (Å²) in [5, 5.41) is 3.96. The van der Waals surface area contributed by atoms with E-state index in [1.165, 1.54) is 7.11 Å². The third-order valence-corrected chi connectivity index (χ3v) is 3.10. The van der Waals surface area contributed by atoms with E-state index in [9.17, 15) is 4.79 Å². The first kappa shape index (κ1) is 14.5. The Morgan fingerprint density at radius 1 is 1.39 bits per heavy atom. The van der Waals surface area contributed by atoms with Gasteiger partial charge in [0, 0.05) is 20.3 Å². The standard InChI is InChI=1S/C14H22N2O2/c1-7-12-9-8-11(10-16(12)15(4)5)14(2,3)13(17)18-6/h7-10H,1-6H3/b12-7-. The Labute approximate surface area is 109 Å². The molecule has 0 spiro atoms. The molecule has 0 unspecified atom stereocenters. The largest absolute Gasteiger partial charge is 0.468 e. The lowest BCUT2D eigenvalue weighted by Crippen LogP contribution is -2.36. The molecule has 0 aromatic rings. The average Bonchev–Trinajstić information content (AvgIpc) is 2.36. The number of hydrazine groups is 1. The first-order chi connectivity index (χ1) is 8.34. The minimum atomic E-state index is -0.654.